The molecule has 0 radical (unpaired) electrons. The Morgan fingerprint density at radius 1 is 0.288 bits per heavy atom. The van der Waals surface area contributed by atoms with E-state index in [1.54, 1.807) is 0 Å². The average molecular weight is 671 g/mol. The Balaban J connectivity index is 1.05. The molecule has 8 rings (SSSR count). The van der Waals surface area contributed by atoms with Crippen molar-refractivity contribution in [2.75, 3.05) is 0 Å². The highest BCUT2D eigenvalue weighted by molar-refractivity contribution is 5.74. The summed E-state index contributed by atoms with van der Waals surface area (Å²) in [6, 6.07) is 53.1. The normalized spacial score (nSPS) is 11.2. The minimum Gasteiger partial charge on any atom is -0.208 e. The molecule has 0 saturated heterocycles. The number of rotatable bonds is 8. The molecular formula is C46H34N6. The van der Waals surface area contributed by atoms with Crippen LogP contribution in [0.3, 0.4) is 0 Å². The lowest BCUT2D eigenvalue weighted by atomic mass is 10.1. The number of aryl methyl sites for hydroxylation is 2. The predicted octanol–water partition coefficient (Wildman–Crippen LogP) is 10.8. The van der Waals surface area contributed by atoms with Crippen LogP contribution in [0.2, 0.25) is 0 Å². The van der Waals surface area contributed by atoms with Gasteiger partial charge in [0.05, 0.1) is 0 Å². The van der Waals surface area contributed by atoms with Gasteiger partial charge in [-0.2, -0.15) is 0 Å². The Labute approximate surface area is 303 Å². The third-order valence-electron chi connectivity index (χ3n) is 8.69. The van der Waals surface area contributed by atoms with Crippen LogP contribution in [0, 0.1) is 13.8 Å². The van der Waals surface area contributed by atoms with Gasteiger partial charge in [0.2, 0.25) is 0 Å². The molecule has 0 aliphatic carbocycles. The first-order chi connectivity index (χ1) is 25.5. The van der Waals surface area contributed by atoms with Crippen molar-refractivity contribution in [1.29, 1.82) is 0 Å². The third-order valence-corrected chi connectivity index (χ3v) is 8.69. The van der Waals surface area contributed by atoms with Crippen molar-refractivity contribution in [3.8, 4) is 68.3 Å². The minimum absolute atomic E-state index is 0.635. The van der Waals surface area contributed by atoms with E-state index >= 15 is 0 Å². The highest BCUT2D eigenvalue weighted by atomic mass is 15.0. The van der Waals surface area contributed by atoms with E-state index < -0.39 is 0 Å². The van der Waals surface area contributed by atoms with Gasteiger partial charge in [0.15, 0.2) is 34.9 Å². The first kappa shape index (κ1) is 32.3. The second kappa shape index (κ2) is 14.5. The summed E-state index contributed by atoms with van der Waals surface area (Å²) in [5.41, 5.74) is 10.1. The zero-order chi connectivity index (χ0) is 35.3. The molecule has 0 N–H and O–H groups in total. The predicted molar refractivity (Wildman–Crippen MR) is 211 cm³/mol. The molecule has 0 aliphatic heterocycles. The lowest BCUT2D eigenvalue weighted by molar-refractivity contribution is 1.07. The summed E-state index contributed by atoms with van der Waals surface area (Å²) in [6.07, 6.45) is 4.21. The maximum absolute atomic E-state index is 4.89. The molecule has 6 heteroatoms. The Morgan fingerprint density at radius 3 is 0.904 bits per heavy atom. The van der Waals surface area contributed by atoms with Crippen LogP contribution in [0.15, 0.2) is 158 Å². The summed E-state index contributed by atoms with van der Waals surface area (Å²) in [7, 11) is 0. The lowest BCUT2D eigenvalue weighted by Gasteiger charge is -2.09. The second-order valence-electron chi connectivity index (χ2n) is 12.7. The van der Waals surface area contributed by atoms with Gasteiger partial charge in [0.1, 0.15) is 0 Å². The van der Waals surface area contributed by atoms with Crippen molar-refractivity contribution in [3.63, 3.8) is 0 Å². The smallest absolute Gasteiger partial charge is 0.164 e. The van der Waals surface area contributed by atoms with Crippen LogP contribution in [0.4, 0.5) is 0 Å². The van der Waals surface area contributed by atoms with Crippen molar-refractivity contribution < 1.29 is 0 Å². The maximum Gasteiger partial charge on any atom is 0.164 e. The van der Waals surface area contributed by atoms with Crippen LogP contribution in [0.25, 0.3) is 80.5 Å². The number of aromatic nitrogens is 6. The number of benzene rings is 6. The summed E-state index contributed by atoms with van der Waals surface area (Å²) < 4.78 is 0. The Morgan fingerprint density at radius 2 is 0.577 bits per heavy atom. The fraction of sp³-hybridized carbons (Fsp3) is 0.0435. The molecular weight excluding hydrogens is 637 g/mol. The monoisotopic (exact) mass is 670 g/mol. The van der Waals surface area contributed by atoms with E-state index in [-0.39, 0.29) is 0 Å². The zero-order valence-corrected chi connectivity index (χ0v) is 28.8. The topological polar surface area (TPSA) is 77.3 Å². The molecule has 0 atom stereocenters. The van der Waals surface area contributed by atoms with Gasteiger partial charge in [-0.3, -0.25) is 0 Å². The largest absolute Gasteiger partial charge is 0.208 e. The fourth-order valence-electron chi connectivity index (χ4n) is 5.95. The van der Waals surface area contributed by atoms with E-state index in [0.717, 1.165) is 55.6 Å². The highest BCUT2D eigenvalue weighted by Crippen LogP contribution is 2.28. The average Bonchev–Trinajstić information content (AvgIpc) is 3.21. The maximum atomic E-state index is 4.89. The fourth-order valence-corrected chi connectivity index (χ4v) is 5.95. The van der Waals surface area contributed by atoms with Crippen molar-refractivity contribution in [2.24, 2.45) is 0 Å². The molecule has 2 heterocycles. The molecule has 6 nitrogen and oxygen atoms in total. The SMILES string of the molecule is Cc1cccc(-c2nc(-c3ccccc3)nc(-c3ccc(/C=C/c4ccc(-c5nc(-c6ccccc6)nc(-c6cccc(C)c6)n5)cc4)cc3)n2)c1. The van der Waals surface area contributed by atoms with Crippen LogP contribution in [-0.2, 0) is 0 Å². The quantitative estimate of drug-likeness (QED) is 0.150. The van der Waals surface area contributed by atoms with E-state index in [1.165, 1.54) is 0 Å². The molecule has 2 aromatic heterocycles. The molecule has 248 valence electrons. The summed E-state index contributed by atoms with van der Waals surface area (Å²) in [5, 5.41) is 0. The summed E-state index contributed by atoms with van der Waals surface area (Å²) >= 11 is 0. The van der Waals surface area contributed by atoms with Crippen molar-refractivity contribution in [1.82, 2.24) is 29.9 Å². The molecule has 0 spiro atoms. The Kier molecular flexibility index (Phi) is 9.01. The van der Waals surface area contributed by atoms with Crippen LogP contribution in [0.5, 0.6) is 0 Å². The van der Waals surface area contributed by atoms with Gasteiger partial charge in [-0.1, -0.05) is 169 Å². The van der Waals surface area contributed by atoms with Crippen LogP contribution in [0.1, 0.15) is 22.3 Å². The van der Waals surface area contributed by atoms with E-state index in [1.807, 2.05) is 84.9 Å². The summed E-state index contributed by atoms with van der Waals surface area (Å²) in [4.78, 5) is 29.2. The van der Waals surface area contributed by atoms with Crippen molar-refractivity contribution in [3.05, 3.63) is 180 Å². The Bertz CT molecular complexity index is 2330. The van der Waals surface area contributed by atoms with Crippen LogP contribution in [-0.4, -0.2) is 29.9 Å². The van der Waals surface area contributed by atoms with Gasteiger partial charge in [-0.05, 0) is 37.1 Å². The third kappa shape index (κ3) is 7.32. The first-order valence-electron chi connectivity index (χ1n) is 17.2. The lowest BCUT2D eigenvalue weighted by Crippen LogP contribution is -2.00. The molecule has 0 amide bonds. The molecule has 52 heavy (non-hydrogen) atoms. The molecule has 0 saturated carbocycles. The van der Waals surface area contributed by atoms with Gasteiger partial charge < -0.3 is 0 Å². The Hall–Kier alpha value is -6.92. The summed E-state index contributed by atoms with van der Waals surface area (Å²) in [6.45, 7) is 4.15. The van der Waals surface area contributed by atoms with Gasteiger partial charge in [-0.15, -0.1) is 0 Å². The van der Waals surface area contributed by atoms with Gasteiger partial charge >= 0.3 is 0 Å². The molecule has 6 aromatic carbocycles. The summed E-state index contributed by atoms with van der Waals surface area (Å²) in [5.74, 6) is 3.87. The number of hydrogen-bond donors (Lipinski definition) is 0. The van der Waals surface area contributed by atoms with E-state index in [4.69, 9.17) is 29.9 Å². The number of nitrogens with zero attached hydrogens (tertiary/aromatic N) is 6. The zero-order valence-electron chi connectivity index (χ0n) is 28.8. The van der Waals surface area contributed by atoms with E-state index in [2.05, 4.69) is 98.8 Å². The second-order valence-corrected chi connectivity index (χ2v) is 12.7. The molecule has 0 bridgehead atoms. The number of hydrogen-bond acceptors (Lipinski definition) is 6. The van der Waals surface area contributed by atoms with Gasteiger partial charge in [0.25, 0.3) is 0 Å². The molecule has 0 fully saturated rings. The molecule has 0 unspecified atom stereocenters. The minimum atomic E-state index is 0.635. The van der Waals surface area contributed by atoms with E-state index in [9.17, 15) is 0 Å². The standard InChI is InChI=1S/C46H34N6/c1-31-11-9-17-39(29-31)45-49-41(35-13-5-3-6-14-35)47-43(51-45)37-25-21-33(22-26-37)19-20-34-23-27-38(28-24-34)44-48-42(36-15-7-4-8-16-36)50-46(52-44)40-18-10-12-32(2)30-40/h3-30H,1-2H3/b20-19+. The molecule has 0 aliphatic rings. The van der Waals surface area contributed by atoms with Crippen molar-refractivity contribution in [2.45, 2.75) is 13.8 Å². The van der Waals surface area contributed by atoms with Crippen LogP contribution < -0.4 is 0 Å². The first-order valence-corrected chi connectivity index (χ1v) is 17.2. The van der Waals surface area contributed by atoms with Gasteiger partial charge in [0, 0.05) is 33.4 Å². The van der Waals surface area contributed by atoms with Crippen LogP contribution >= 0.6 is 0 Å². The molecule has 8 aromatic rings. The highest BCUT2D eigenvalue weighted by Gasteiger charge is 2.14. The van der Waals surface area contributed by atoms with Gasteiger partial charge in [-0.25, -0.2) is 29.9 Å². The van der Waals surface area contributed by atoms with Crippen molar-refractivity contribution >= 4 is 12.2 Å². The van der Waals surface area contributed by atoms with E-state index in [0.29, 0.717) is 34.9 Å².